The van der Waals surface area contributed by atoms with Crippen molar-refractivity contribution in [2.75, 3.05) is 17.2 Å². The van der Waals surface area contributed by atoms with Crippen LogP contribution in [0.2, 0.25) is 0 Å². The third-order valence-electron chi connectivity index (χ3n) is 3.54. The van der Waals surface area contributed by atoms with Gasteiger partial charge in [-0.1, -0.05) is 5.16 Å². The smallest absolute Gasteiger partial charge is 0.203 e. The number of aromatic nitrogens is 2. The average molecular weight is 450 g/mol. The van der Waals surface area contributed by atoms with Crippen molar-refractivity contribution in [3.05, 3.63) is 52.0 Å². The molecule has 12 heteroatoms. The number of hydrogen-bond donors (Lipinski definition) is 4. The number of carbonyl (C=O) groups excluding carboxylic acids is 1. The Balaban J connectivity index is 1.63. The molecule has 0 saturated heterocycles. The summed E-state index contributed by atoms with van der Waals surface area (Å²) in [6.07, 6.45) is 3.76. The van der Waals surface area contributed by atoms with Crippen molar-refractivity contribution in [1.82, 2.24) is 15.7 Å². The Labute approximate surface area is 166 Å². The highest BCUT2D eigenvalue weighted by molar-refractivity contribution is 9.10. The molecular formula is C16H13BrFN7O3. The standard InChI is InChI=1S/C16H13BrFN7O3/c17-12-7-10(3-4-13(12)18)20-16(23-27)14-15(25-28-24-14)19-6-5-9-1-2-11(8-26)22-21-9/h1-4,7,22,27H,5-6H2,(H,19,25)(H,20,23). The summed E-state index contributed by atoms with van der Waals surface area (Å²) < 4.78 is 18.3. The highest BCUT2D eigenvalue weighted by Gasteiger charge is 2.18. The molecule has 0 amide bonds. The molecule has 144 valence electrons. The molecule has 1 aromatic heterocycles. The molecule has 10 nitrogen and oxygen atoms in total. The van der Waals surface area contributed by atoms with E-state index in [1.54, 1.807) is 18.1 Å². The van der Waals surface area contributed by atoms with E-state index >= 15 is 0 Å². The molecule has 1 aliphatic rings. The highest BCUT2D eigenvalue weighted by Crippen LogP contribution is 2.21. The zero-order valence-corrected chi connectivity index (χ0v) is 15.7. The third-order valence-corrected chi connectivity index (χ3v) is 4.15. The number of allylic oxidation sites excluding steroid dienone is 2. The maximum atomic E-state index is 13.3. The number of benzene rings is 1. The predicted octanol–water partition coefficient (Wildman–Crippen LogP) is 2.25. The van der Waals surface area contributed by atoms with Gasteiger partial charge in [-0.25, -0.2) is 13.8 Å². The van der Waals surface area contributed by atoms with Crippen molar-refractivity contribution in [2.45, 2.75) is 6.42 Å². The van der Waals surface area contributed by atoms with Crippen LogP contribution >= 0.6 is 15.9 Å². The molecule has 0 unspecified atom stereocenters. The topological polar surface area (TPSA) is 137 Å². The summed E-state index contributed by atoms with van der Waals surface area (Å²) in [5, 5.41) is 29.8. The Morgan fingerprint density at radius 2 is 2.25 bits per heavy atom. The van der Waals surface area contributed by atoms with Crippen LogP contribution in [0.1, 0.15) is 12.1 Å². The number of hydrazone groups is 1. The van der Waals surface area contributed by atoms with Gasteiger partial charge in [0.05, 0.1) is 10.2 Å². The lowest BCUT2D eigenvalue weighted by atomic mass is 10.2. The van der Waals surface area contributed by atoms with Gasteiger partial charge in [-0.15, -0.1) is 0 Å². The molecule has 2 heterocycles. The lowest BCUT2D eigenvalue weighted by molar-refractivity contribution is 0.305. The fourth-order valence-corrected chi connectivity index (χ4v) is 2.57. The van der Waals surface area contributed by atoms with Crippen LogP contribution in [0.4, 0.5) is 15.9 Å². The zero-order valence-electron chi connectivity index (χ0n) is 14.1. The van der Waals surface area contributed by atoms with Crippen LogP contribution in [0.25, 0.3) is 0 Å². The average Bonchev–Trinajstić information content (AvgIpc) is 3.17. The molecule has 0 spiro atoms. The van der Waals surface area contributed by atoms with E-state index in [1.165, 1.54) is 18.2 Å². The van der Waals surface area contributed by atoms with Crippen molar-refractivity contribution < 1.29 is 19.0 Å². The Morgan fingerprint density at radius 3 is 2.93 bits per heavy atom. The van der Waals surface area contributed by atoms with Gasteiger partial charge in [0.25, 0.3) is 0 Å². The first kappa shape index (κ1) is 19.3. The fraction of sp³-hybridized carbons (Fsp3) is 0.125. The molecule has 28 heavy (non-hydrogen) atoms. The Morgan fingerprint density at radius 1 is 1.39 bits per heavy atom. The molecule has 0 fully saturated rings. The Kier molecular flexibility index (Phi) is 6.14. The normalized spacial score (nSPS) is 13.6. The van der Waals surface area contributed by atoms with E-state index < -0.39 is 5.82 Å². The molecule has 0 radical (unpaired) electrons. The first-order valence-corrected chi connectivity index (χ1v) is 8.66. The lowest BCUT2D eigenvalue weighted by Gasteiger charge is -2.10. The number of rotatable bonds is 6. The van der Waals surface area contributed by atoms with Crippen molar-refractivity contribution in [3.63, 3.8) is 0 Å². The summed E-state index contributed by atoms with van der Waals surface area (Å²) in [4.78, 5) is 10.5. The summed E-state index contributed by atoms with van der Waals surface area (Å²) >= 11 is 3.08. The van der Waals surface area contributed by atoms with Crippen LogP contribution < -0.4 is 16.1 Å². The molecule has 0 bridgehead atoms. The Bertz CT molecular complexity index is 1010. The number of nitrogens with zero attached hydrogens (tertiary/aromatic N) is 4. The van der Waals surface area contributed by atoms with Gasteiger partial charge in [-0.05, 0) is 56.6 Å². The molecule has 0 aliphatic carbocycles. The van der Waals surface area contributed by atoms with E-state index in [4.69, 9.17) is 4.63 Å². The summed E-state index contributed by atoms with van der Waals surface area (Å²) in [6, 6.07) is 4.19. The zero-order chi connectivity index (χ0) is 19.9. The molecule has 4 N–H and O–H groups in total. The van der Waals surface area contributed by atoms with Crippen molar-refractivity contribution in [2.24, 2.45) is 10.3 Å². The van der Waals surface area contributed by atoms with Gasteiger partial charge in [-0.2, -0.15) is 5.10 Å². The highest BCUT2D eigenvalue weighted by atomic mass is 79.9. The minimum absolute atomic E-state index is 0.0420. The first-order chi connectivity index (χ1) is 13.6. The quantitative estimate of drug-likeness (QED) is 0.173. The summed E-state index contributed by atoms with van der Waals surface area (Å²) in [6.45, 7) is 0.410. The second-order valence-electron chi connectivity index (χ2n) is 5.40. The van der Waals surface area contributed by atoms with Crippen LogP contribution in [-0.4, -0.2) is 39.6 Å². The van der Waals surface area contributed by atoms with Crippen molar-refractivity contribution in [1.29, 1.82) is 0 Å². The summed E-state index contributed by atoms with van der Waals surface area (Å²) in [5.41, 5.74) is 4.11. The van der Waals surface area contributed by atoms with E-state index in [0.717, 1.165) is 0 Å². The van der Waals surface area contributed by atoms with Gasteiger partial charge in [0.15, 0.2) is 11.6 Å². The first-order valence-electron chi connectivity index (χ1n) is 7.87. The second kappa shape index (κ2) is 8.93. The fourth-order valence-electron chi connectivity index (χ4n) is 2.19. The van der Waals surface area contributed by atoms with Crippen LogP contribution in [0.5, 0.6) is 0 Å². The van der Waals surface area contributed by atoms with Crippen molar-refractivity contribution in [3.8, 4) is 0 Å². The SMILES string of the molecule is O=C=C1C=CC(CCNc2nonc2C(=NO)Nc2ccc(F)c(Br)c2)=NN1. The van der Waals surface area contributed by atoms with Gasteiger partial charge in [0.1, 0.15) is 11.5 Å². The van der Waals surface area contributed by atoms with Crippen molar-refractivity contribution >= 4 is 44.9 Å². The molecule has 1 aliphatic heterocycles. The minimum Gasteiger partial charge on any atom is -0.409 e. The molecule has 1 aromatic carbocycles. The van der Waals surface area contributed by atoms with Gasteiger partial charge in [-0.3, -0.25) is 5.43 Å². The van der Waals surface area contributed by atoms with E-state index in [1.807, 2.05) is 0 Å². The lowest BCUT2D eigenvalue weighted by Crippen LogP contribution is -2.19. The largest absolute Gasteiger partial charge is 0.409 e. The Hall–Kier alpha value is -3.50. The van der Waals surface area contributed by atoms with E-state index in [2.05, 4.69) is 52.6 Å². The van der Waals surface area contributed by atoms with Crippen LogP contribution in [0.3, 0.4) is 0 Å². The minimum atomic E-state index is -0.427. The second-order valence-corrected chi connectivity index (χ2v) is 6.26. The number of oxime groups is 1. The number of anilines is 2. The predicted molar refractivity (Wildman–Crippen MR) is 102 cm³/mol. The maximum absolute atomic E-state index is 13.3. The maximum Gasteiger partial charge on any atom is 0.203 e. The van der Waals surface area contributed by atoms with Crippen LogP contribution in [0.15, 0.2) is 55.4 Å². The molecule has 2 aromatic rings. The summed E-state index contributed by atoms with van der Waals surface area (Å²) in [5.74, 6) is 1.47. The van der Waals surface area contributed by atoms with E-state index in [-0.39, 0.29) is 27.5 Å². The van der Waals surface area contributed by atoms with Gasteiger partial charge in [0.2, 0.25) is 11.7 Å². The number of hydrogen-bond acceptors (Lipinski definition) is 9. The van der Waals surface area contributed by atoms with E-state index in [9.17, 15) is 14.4 Å². The number of nitrogens with one attached hydrogen (secondary N) is 3. The molecule has 0 saturated carbocycles. The third kappa shape index (κ3) is 4.61. The van der Waals surface area contributed by atoms with Crippen LogP contribution in [0, 0.1) is 5.82 Å². The van der Waals surface area contributed by atoms with Gasteiger partial charge >= 0.3 is 0 Å². The molecule has 3 rings (SSSR count). The van der Waals surface area contributed by atoms with E-state index in [0.29, 0.717) is 24.4 Å². The number of amidine groups is 1. The van der Waals surface area contributed by atoms with Crippen LogP contribution in [-0.2, 0) is 4.79 Å². The molecular weight excluding hydrogens is 437 g/mol. The monoisotopic (exact) mass is 449 g/mol. The summed E-state index contributed by atoms with van der Waals surface area (Å²) in [7, 11) is 0. The molecule has 0 atom stereocenters. The van der Waals surface area contributed by atoms with Gasteiger partial charge in [0, 0.05) is 18.7 Å². The van der Waals surface area contributed by atoms with Gasteiger partial charge < -0.3 is 15.8 Å². The number of halogens is 2.